The number of nitrogens with zero attached hydrogens (tertiary/aromatic N) is 1. The maximum atomic E-state index is 12.0. The minimum Gasteiger partial charge on any atom is -0.470 e. The molecular weight excluding hydrogens is 288 g/mol. The van der Waals surface area contributed by atoms with Crippen LogP contribution in [0.15, 0.2) is 41.8 Å². The maximum absolute atomic E-state index is 12.0. The topological polar surface area (TPSA) is 84.9 Å². The largest absolute Gasteiger partial charge is 0.470 e. The highest BCUT2D eigenvalue weighted by Crippen LogP contribution is 2.20. The first-order valence-corrected chi connectivity index (χ1v) is 6.58. The first-order chi connectivity index (χ1) is 10.5. The van der Waals surface area contributed by atoms with Crippen molar-refractivity contribution in [2.75, 3.05) is 32.6 Å². The number of rotatable bonds is 5. The fourth-order valence-corrected chi connectivity index (χ4v) is 1.69. The van der Waals surface area contributed by atoms with E-state index in [-0.39, 0.29) is 24.0 Å². The number of ketones is 1. The van der Waals surface area contributed by atoms with Gasteiger partial charge in [0.25, 0.3) is 5.91 Å². The van der Waals surface area contributed by atoms with Crippen molar-refractivity contribution in [1.29, 1.82) is 0 Å². The Morgan fingerprint density at radius 3 is 2.59 bits per heavy atom. The van der Waals surface area contributed by atoms with Crippen LogP contribution < -0.4 is 5.32 Å². The highest BCUT2D eigenvalue weighted by atomic mass is 16.5. The molecule has 0 fully saturated rings. The summed E-state index contributed by atoms with van der Waals surface area (Å²) in [5.74, 6) is -1.70. The summed E-state index contributed by atoms with van der Waals surface area (Å²) < 4.78 is 10.0. The van der Waals surface area contributed by atoms with E-state index in [0.29, 0.717) is 5.69 Å². The predicted octanol–water partition coefficient (Wildman–Crippen LogP) is 0.541. The van der Waals surface area contributed by atoms with Crippen LogP contribution in [0.25, 0.3) is 0 Å². The molecule has 2 rings (SSSR count). The van der Waals surface area contributed by atoms with Crippen LogP contribution in [0.2, 0.25) is 0 Å². The zero-order valence-corrected chi connectivity index (χ0v) is 12.3. The number of hydrogen-bond donors (Lipinski definition) is 1. The van der Waals surface area contributed by atoms with E-state index < -0.39 is 18.4 Å². The second-order valence-corrected chi connectivity index (χ2v) is 4.77. The lowest BCUT2D eigenvalue weighted by molar-refractivity contribution is -0.148. The van der Waals surface area contributed by atoms with Gasteiger partial charge in [-0.15, -0.1) is 0 Å². The Morgan fingerprint density at radius 1 is 1.27 bits per heavy atom. The van der Waals surface area contributed by atoms with Gasteiger partial charge < -0.3 is 19.7 Å². The lowest BCUT2D eigenvalue weighted by Gasteiger charge is -2.11. The highest BCUT2D eigenvalue weighted by Gasteiger charge is 2.32. The molecule has 0 aromatic heterocycles. The molecule has 1 aliphatic heterocycles. The molecule has 1 heterocycles. The van der Waals surface area contributed by atoms with E-state index in [1.165, 1.54) is 4.90 Å². The average molecular weight is 304 g/mol. The van der Waals surface area contributed by atoms with Crippen LogP contribution in [0, 0.1) is 0 Å². The number of likely N-dealkylation sites (N-methyl/N-ethyl adjacent to an activating group) is 1. The first kappa shape index (κ1) is 15.6. The zero-order valence-electron chi connectivity index (χ0n) is 12.3. The van der Waals surface area contributed by atoms with Crippen molar-refractivity contribution in [3.63, 3.8) is 0 Å². The van der Waals surface area contributed by atoms with Gasteiger partial charge in [0.2, 0.25) is 11.7 Å². The van der Waals surface area contributed by atoms with E-state index in [1.807, 2.05) is 6.07 Å². The van der Waals surface area contributed by atoms with Crippen LogP contribution in [0.5, 0.6) is 0 Å². The second-order valence-electron chi connectivity index (χ2n) is 4.77. The van der Waals surface area contributed by atoms with Gasteiger partial charge in [-0.3, -0.25) is 9.59 Å². The molecule has 0 radical (unpaired) electrons. The number of amides is 1. The summed E-state index contributed by atoms with van der Waals surface area (Å²) >= 11 is 0. The van der Waals surface area contributed by atoms with Gasteiger partial charge in [0, 0.05) is 19.8 Å². The molecule has 116 valence electrons. The third-order valence-corrected chi connectivity index (χ3v) is 2.91. The van der Waals surface area contributed by atoms with Crippen LogP contribution in [-0.2, 0) is 23.9 Å². The average Bonchev–Trinajstić information content (AvgIpc) is 2.86. The van der Waals surface area contributed by atoms with Gasteiger partial charge in [-0.1, -0.05) is 18.2 Å². The number of carbonyl (C=O) groups excluding carboxylic acids is 3. The SMILES string of the molecule is CN(C)C(=O)COC(=O)C1=C(Nc2ccccc2)OCC1=O. The molecule has 1 aromatic carbocycles. The molecule has 0 saturated carbocycles. The van der Waals surface area contributed by atoms with E-state index in [9.17, 15) is 14.4 Å². The molecule has 1 N–H and O–H groups in total. The quantitative estimate of drug-likeness (QED) is 0.631. The molecule has 1 aromatic rings. The normalized spacial score (nSPS) is 13.6. The van der Waals surface area contributed by atoms with E-state index >= 15 is 0 Å². The summed E-state index contributed by atoms with van der Waals surface area (Å²) in [7, 11) is 3.09. The summed E-state index contributed by atoms with van der Waals surface area (Å²) in [4.78, 5) is 36.5. The number of hydrogen-bond acceptors (Lipinski definition) is 6. The minimum atomic E-state index is -0.879. The predicted molar refractivity (Wildman–Crippen MR) is 77.7 cm³/mol. The number of anilines is 1. The molecule has 0 atom stereocenters. The molecule has 0 spiro atoms. The van der Waals surface area contributed by atoms with E-state index in [0.717, 1.165) is 0 Å². The monoisotopic (exact) mass is 304 g/mol. The second kappa shape index (κ2) is 6.75. The van der Waals surface area contributed by atoms with Crippen LogP contribution >= 0.6 is 0 Å². The van der Waals surface area contributed by atoms with Gasteiger partial charge in [-0.25, -0.2) is 4.79 Å². The van der Waals surface area contributed by atoms with Crippen molar-refractivity contribution in [3.05, 3.63) is 41.8 Å². The van der Waals surface area contributed by atoms with Crippen molar-refractivity contribution < 1.29 is 23.9 Å². The molecule has 0 saturated heterocycles. The first-order valence-electron chi connectivity index (χ1n) is 6.58. The number of benzene rings is 1. The number of esters is 1. The van der Waals surface area contributed by atoms with Crippen molar-refractivity contribution in [3.8, 4) is 0 Å². The zero-order chi connectivity index (χ0) is 16.1. The Kier molecular flexibility index (Phi) is 4.77. The van der Waals surface area contributed by atoms with Gasteiger partial charge in [-0.05, 0) is 12.1 Å². The van der Waals surface area contributed by atoms with E-state index in [2.05, 4.69) is 5.32 Å². The Labute approximate surface area is 127 Å². The maximum Gasteiger partial charge on any atom is 0.347 e. The van der Waals surface area contributed by atoms with Crippen LogP contribution in [0.4, 0.5) is 5.69 Å². The molecule has 0 aliphatic carbocycles. The molecule has 0 bridgehead atoms. The lowest BCUT2D eigenvalue weighted by atomic mass is 10.2. The molecule has 7 heteroatoms. The summed E-state index contributed by atoms with van der Waals surface area (Å²) in [5, 5.41) is 2.85. The lowest BCUT2D eigenvalue weighted by Crippen LogP contribution is -2.28. The van der Waals surface area contributed by atoms with Crippen LogP contribution in [0.3, 0.4) is 0 Å². The van der Waals surface area contributed by atoms with E-state index in [4.69, 9.17) is 9.47 Å². The third-order valence-electron chi connectivity index (χ3n) is 2.91. The van der Waals surface area contributed by atoms with Gasteiger partial charge in [0.05, 0.1) is 0 Å². The molecule has 22 heavy (non-hydrogen) atoms. The number of nitrogens with one attached hydrogen (secondary N) is 1. The van der Waals surface area contributed by atoms with Gasteiger partial charge in [-0.2, -0.15) is 0 Å². The number of carbonyl (C=O) groups is 3. The summed E-state index contributed by atoms with van der Waals surface area (Å²) in [6, 6.07) is 8.96. The van der Waals surface area contributed by atoms with Crippen LogP contribution in [-0.4, -0.2) is 49.9 Å². The molecule has 7 nitrogen and oxygen atoms in total. The van der Waals surface area contributed by atoms with Gasteiger partial charge in [0.15, 0.2) is 18.8 Å². The Hall–Kier alpha value is -2.83. The van der Waals surface area contributed by atoms with Crippen LogP contribution in [0.1, 0.15) is 0 Å². The Balaban J connectivity index is 2.10. The number of para-hydroxylation sites is 1. The fraction of sp³-hybridized carbons (Fsp3) is 0.267. The Bertz CT molecular complexity index is 622. The molecular formula is C15H16N2O5. The van der Waals surface area contributed by atoms with Crippen molar-refractivity contribution >= 4 is 23.3 Å². The summed E-state index contributed by atoms with van der Waals surface area (Å²) in [5.41, 5.74) is 0.456. The van der Waals surface area contributed by atoms with E-state index in [1.54, 1.807) is 38.4 Å². The number of ether oxygens (including phenoxy) is 2. The highest BCUT2D eigenvalue weighted by molar-refractivity contribution is 6.20. The standard InChI is InChI=1S/C15H16N2O5/c1-17(2)12(19)9-22-15(20)13-11(18)8-21-14(13)16-10-6-4-3-5-7-10/h3-7,16H,8-9H2,1-2H3. The van der Waals surface area contributed by atoms with Crippen molar-refractivity contribution in [2.45, 2.75) is 0 Å². The van der Waals surface area contributed by atoms with Gasteiger partial charge in [0.1, 0.15) is 0 Å². The van der Waals surface area contributed by atoms with Crippen molar-refractivity contribution in [1.82, 2.24) is 4.90 Å². The Morgan fingerprint density at radius 2 is 1.95 bits per heavy atom. The van der Waals surface area contributed by atoms with Crippen molar-refractivity contribution in [2.24, 2.45) is 0 Å². The minimum absolute atomic E-state index is 0.0403. The number of Topliss-reactive ketones (excluding diaryl/α,β-unsaturated/α-hetero) is 1. The fourth-order valence-electron chi connectivity index (χ4n) is 1.69. The summed E-state index contributed by atoms with van der Waals surface area (Å²) in [6.07, 6.45) is 0. The molecule has 0 unspecified atom stereocenters. The summed E-state index contributed by atoms with van der Waals surface area (Å²) in [6.45, 7) is -0.664. The molecule has 1 aliphatic rings. The van der Waals surface area contributed by atoms with Gasteiger partial charge >= 0.3 is 5.97 Å². The third kappa shape index (κ3) is 3.63. The smallest absolute Gasteiger partial charge is 0.347 e. The molecule has 1 amide bonds.